The van der Waals surface area contributed by atoms with E-state index in [4.69, 9.17) is 0 Å². The molecule has 0 bridgehead atoms. The first-order chi connectivity index (χ1) is 9.20. The molecule has 1 fully saturated rings. The molecule has 1 heterocycles. The van der Waals surface area contributed by atoms with Gasteiger partial charge < -0.3 is 15.1 Å². The zero-order chi connectivity index (χ0) is 13.7. The maximum absolute atomic E-state index is 10.2. The van der Waals surface area contributed by atoms with Crippen LogP contribution >= 0.6 is 15.9 Å². The molecule has 0 aliphatic carbocycles. The lowest BCUT2D eigenvalue weighted by Gasteiger charge is -2.32. The van der Waals surface area contributed by atoms with Crippen LogP contribution in [0.1, 0.15) is 30.9 Å². The fraction of sp³-hybridized carbons (Fsp3) is 0.600. The Labute approximate surface area is 123 Å². The number of halogens is 1. The molecular formula is C15H22BrNO2. The number of hydrogen-bond donors (Lipinski definition) is 2. The Hall–Kier alpha value is -0.420. The average Bonchev–Trinajstić information content (AvgIpc) is 2.45. The second-order valence-corrected chi connectivity index (χ2v) is 6.17. The van der Waals surface area contributed by atoms with Gasteiger partial charge in [0.2, 0.25) is 0 Å². The molecule has 3 nitrogen and oxygen atoms in total. The highest BCUT2D eigenvalue weighted by molar-refractivity contribution is 9.10. The van der Waals surface area contributed by atoms with Gasteiger partial charge in [-0.25, -0.2) is 0 Å². The van der Waals surface area contributed by atoms with Gasteiger partial charge in [0.25, 0.3) is 0 Å². The summed E-state index contributed by atoms with van der Waals surface area (Å²) in [6.45, 7) is 3.21. The predicted molar refractivity (Wildman–Crippen MR) is 80.0 cm³/mol. The highest BCUT2D eigenvalue weighted by Crippen LogP contribution is 2.26. The van der Waals surface area contributed by atoms with Crippen LogP contribution in [0.3, 0.4) is 0 Å². The molecule has 1 saturated heterocycles. The first-order valence-corrected chi connectivity index (χ1v) is 7.75. The number of benzene rings is 1. The minimum absolute atomic E-state index is 0.281. The summed E-state index contributed by atoms with van der Waals surface area (Å²) in [5.41, 5.74) is 0.957. The van der Waals surface area contributed by atoms with Gasteiger partial charge in [-0.05, 0) is 43.4 Å². The Kier molecular flexibility index (Phi) is 5.82. The third-order valence-electron chi connectivity index (χ3n) is 3.84. The number of likely N-dealkylation sites (tertiary alicyclic amines) is 1. The number of rotatable bonds is 5. The van der Waals surface area contributed by atoms with Crippen molar-refractivity contribution in [1.29, 1.82) is 0 Å². The van der Waals surface area contributed by atoms with Gasteiger partial charge in [-0.2, -0.15) is 0 Å². The molecule has 0 spiro atoms. The molecular weight excluding hydrogens is 306 g/mol. The molecule has 2 N–H and O–H groups in total. The Morgan fingerprint density at radius 2 is 2.16 bits per heavy atom. The number of aliphatic hydroxyl groups is 2. The monoisotopic (exact) mass is 327 g/mol. The number of hydrogen-bond acceptors (Lipinski definition) is 3. The molecule has 1 aromatic carbocycles. The van der Waals surface area contributed by atoms with Crippen LogP contribution in [0.4, 0.5) is 0 Å². The maximum atomic E-state index is 10.2. The van der Waals surface area contributed by atoms with Crippen molar-refractivity contribution in [3.05, 3.63) is 34.3 Å². The molecule has 1 aliphatic heterocycles. The summed E-state index contributed by atoms with van der Waals surface area (Å²) in [5.74, 6) is 0.411. The fourth-order valence-corrected chi connectivity index (χ4v) is 3.26. The van der Waals surface area contributed by atoms with E-state index >= 15 is 0 Å². The van der Waals surface area contributed by atoms with E-state index in [-0.39, 0.29) is 6.61 Å². The van der Waals surface area contributed by atoms with Gasteiger partial charge in [-0.1, -0.05) is 34.1 Å². The molecule has 0 saturated carbocycles. The molecule has 0 amide bonds. The lowest BCUT2D eigenvalue weighted by Crippen LogP contribution is -2.37. The molecule has 106 valence electrons. The third-order valence-corrected chi connectivity index (χ3v) is 4.57. The van der Waals surface area contributed by atoms with Crippen molar-refractivity contribution in [2.75, 3.05) is 26.2 Å². The van der Waals surface area contributed by atoms with Gasteiger partial charge >= 0.3 is 0 Å². The summed E-state index contributed by atoms with van der Waals surface area (Å²) in [7, 11) is 0. The topological polar surface area (TPSA) is 43.7 Å². The van der Waals surface area contributed by atoms with Gasteiger partial charge in [-0.3, -0.25) is 0 Å². The van der Waals surface area contributed by atoms with Gasteiger partial charge in [0.1, 0.15) is 0 Å². The fourth-order valence-electron chi connectivity index (χ4n) is 2.71. The molecule has 2 rings (SSSR count). The zero-order valence-electron chi connectivity index (χ0n) is 11.1. The van der Waals surface area contributed by atoms with Crippen LogP contribution in [0.25, 0.3) is 0 Å². The number of nitrogens with zero attached hydrogens (tertiary/aromatic N) is 1. The highest BCUT2D eigenvalue weighted by Gasteiger charge is 2.20. The van der Waals surface area contributed by atoms with Crippen molar-refractivity contribution in [3.8, 4) is 0 Å². The second kappa shape index (κ2) is 7.39. The van der Waals surface area contributed by atoms with E-state index in [0.29, 0.717) is 5.92 Å². The van der Waals surface area contributed by atoms with E-state index in [0.717, 1.165) is 48.9 Å². The third kappa shape index (κ3) is 4.28. The van der Waals surface area contributed by atoms with Crippen molar-refractivity contribution < 1.29 is 10.2 Å². The van der Waals surface area contributed by atoms with Crippen molar-refractivity contribution in [2.45, 2.75) is 25.4 Å². The summed E-state index contributed by atoms with van der Waals surface area (Å²) in [6, 6.07) is 7.82. The minimum atomic E-state index is -0.426. The second-order valence-electron chi connectivity index (χ2n) is 5.32. The van der Waals surface area contributed by atoms with E-state index in [9.17, 15) is 10.2 Å². The molecule has 4 heteroatoms. The van der Waals surface area contributed by atoms with Gasteiger partial charge in [-0.15, -0.1) is 0 Å². The minimum Gasteiger partial charge on any atom is -0.396 e. The van der Waals surface area contributed by atoms with Crippen LogP contribution in [0.2, 0.25) is 0 Å². The summed E-state index contributed by atoms with van der Waals surface area (Å²) in [5, 5.41) is 19.5. The summed E-state index contributed by atoms with van der Waals surface area (Å²) >= 11 is 3.48. The molecule has 1 aliphatic rings. The van der Waals surface area contributed by atoms with E-state index in [1.807, 2.05) is 24.3 Å². The van der Waals surface area contributed by atoms with Gasteiger partial charge in [0.05, 0.1) is 6.10 Å². The highest BCUT2D eigenvalue weighted by atomic mass is 79.9. The Morgan fingerprint density at radius 1 is 1.37 bits per heavy atom. The van der Waals surface area contributed by atoms with Crippen LogP contribution in [0, 0.1) is 5.92 Å². The lowest BCUT2D eigenvalue weighted by atomic mass is 9.98. The molecule has 0 aromatic heterocycles. The van der Waals surface area contributed by atoms with E-state index < -0.39 is 6.10 Å². The molecule has 2 atom stereocenters. The van der Waals surface area contributed by atoms with Crippen LogP contribution < -0.4 is 0 Å². The smallest absolute Gasteiger partial charge is 0.0813 e. The average molecular weight is 328 g/mol. The van der Waals surface area contributed by atoms with Crippen molar-refractivity contribution in [1.82, 2.24) is 4.90 Å². The van der Waals surface area contributed by atoms with E-state index in [1.165, 1.54) is 0 Å². The van der Waals surface area contributed by atoms with Crippen molar-refractivity contribution in [2.24, 2.45) is 5.92 Å². The Balaban J connectivity index is 1.83. The standard InChI is InChI=1S/C15H22BrNO2/c16-14-6-2-1-5-13(14)15(19)7-9-17-8-3-4-12(10-17)11-18/h1-2,5-6,12,15,18-19H,3-4,7-11H2. The molecule has 2 unspecified atom stereocenters. The predicted octanol–water partition coefficient (Wildman–Crippen LogP) is 2.58. The lowest BCUT2D eigenvalue weighted by molar-refractivity contribution is 0.0960. The van der Waals surface area contributed by atoms with Gasteiger partial charge in [0, 0.05) is 24.2 Å². The number of aliphatic hydroxyl groups excluding tert-OH is 2. The summed E-state index contributed by atoms with van der Waals surface area (Å²) in [6.07, 6.45) is 2.58. The normalized spacial score (nSPS) is 22.4. The van der Waals surface area contributed by atoms with E-state index in [2.05, 4.69) is 20.8 Å². The number of piperidine rings is 1. The SMILES string of the molecule is OCC1CCCN(CCC(O)c2ccccc2Br)C1. The van der Waals surface area contributed by atoms with Crippen molar-refractivity contribution in [3.63, 3.8) is 0 Å². The van der Waals surface area contributed by atoms with Crippen LogP contribution in [0.15, 0.2) is 28.7 Å². The van der Waals surface area contributed by atoms with Crippen molar-refractivity contribution >= 4 is 15.9 Å². The largest absolute Gasteiger partial charge is 0.396 e. The molecule has 0 radical (unpaired) electrons. The Morgan fingerprint density at radius 3 is 2.89 bits per heavy atom. The first kappa shape index (κ1) is 15.0. The van der Waals surface area contributed by atoms with Crippen LogP contribution in [0.5, 0.6) is 0 Å². The maximum Gasteiger partial charge on any atom is 0.0813 e. The Bertz CT molecular complexity index is 399. The molecule has 1 aromatic rings. The van der Waals surface area contributed by atoms with Crippen LogP contribution in [-0.4, -0.2) is 41.4 Å². The van der Waals surface area contributed by atoms with E-state index in [1.54, 1.807) is 0 Å². The molecule has 19 heavy (non-hydrogen) atoms. The zero-order valence-corrected chi connectivity index (χ0v) is 12.7. The first-order valence-electron chi connectivity index (χ1n) is 6.96. The van der Waals surface area contributed by atoms with Crippen LogP contribution in [-0.2, 0) is 0 Å². The summed E-state index contributed by atoms with van der Waals surface area (Å²) in [4.78, 5) is 2.35. The quantitative estimate of drug-likeness (QED) is 0.873. The summed E-state index contributed by atoms with van der Waals surface area (Å²) < 4.78 is 0.967. The van der Waals surface area contributed by atoms with Gasteiger partial charge in [0.15, 0.2) is 0 Å².